The quantitative estimate of drug-likeness (QED) is 0.804. The first kappa shape index (κ1) is 16.1. The highest BCUT2D eigenvalue weighted by Gasteiger charge is 2.27. The van der Waals surface area contributed by atoms with Crippen LogP contribution in [0.25, 0.3) is 0 Å². The number of rotatable bonds is 5. The minimum atomic E-state index is -0.388. The molecule has 1 saturated heterocycles. The van der Waals surface area contributed by atoms with E-state index in [2.05, 4.69) is 10.2 Å². The lowest BCUT2D eigenvalue weighted by Gasteiger charge is -2.36. The summed E-state index contributed by atoms with van der Waals surface area (Å²) < 4.78 is 5.53. The highest BCUT2D eigenvalue weighted by molar-refractivity contribution is 5.88. The molecule has 0 radical (unpaired) electrons. The van der Waals surface area contributed by atoms with E-state index in [1.807, 2.05) is 27.7 Å². The number of hydrogen-bond acceptors (Lipinski definition) is 4. The Morgan fingerprint density at radius 3 is 2.53 bits per heavy atom. The topological polar surface area (TPSA) is 58.6 Å². The van der Waals surface area contributed by atoms with E-state index in [0.29, 0.717) is 13.2 Å². The maximum atomic E-state index is 12.0. The predicted molar refractivity (Wildman–Crippen MR) is 73.9 cm³/mol. The molecule has 0 aliphatic carbocycles. The zero-order valence-corrected chi connectivity index (χ0v) is 12.6. The van der Waals surface area contributed by atoms with Gasteiger partial charge in [-0.1, -0.05) is 13.8 Å². The molecule has 1 aliphatic heterocycles. The van der Waals surface area contributed by atoms with Crippen LogP contribution in [0.2, 0.25) is 0 Å². The van der Waals surface area contributed by atoms with Crippen molar-refractivity contribution < 1.29 is 14.3 Å². The lowest BCUT2D eigenvalue weighted by Crippen LogP contribution is -2.53. The predicted octanol–water partition coefficient (Wildman–Crippen LogP) is 0.825. The van der Waals surface area contributed by atoms with Crippen LogP contribution >= 0.6 is 0 Å². The summed E-state index contributed by atoms with van der Waals surface area (Å²) in [5, 5.41) is 2.83. The Morgan fingerprint density at radius 2 is 2.00 bits per heavy atom. The maximum Gasteiger partial charge on any atom is 0.234 e. The maximum absolute atomic E-state index is 12.0. The number of nitrogens with one attached hydrogen (secondary N) is 1. The van der Waals surface area contributed by atoms with E-state index in [0.717, 1.165) is 6.54 Å². The van der Waals surface area contributed by atoms with Gasteiger partial charge in [-0.2, -0.15) is 0 Å². The molecule has 0 saturated carbocycles. The van der Waals surface area contributed by atoms with Gasteiger partial charge in [-0.15, -0.1) is 0 Å². The van der Waals surface area contributed by atoms with Gasteiger partial charge in [0.2, 0.25) is 5.91 Å². The summed E-state index contributed by atoms with van der Waals surface area (Å²) >= 11 is 0. The molecule has 0 spiro atoms. The van der Waals surface area contributed by atoms with Crippen LogP contribution < -0.4 is 5.32 Å². The molecule has 19 heavy (non-hydrogen) atoms. The van der Waals surface area contributed by atoms with Gasteiger partial charge in [0.05, 0.1) is 25.3 Å². The standard InChI is InChI=1S/C14H26N2O3/c1-9(2)14(12(5)17)15-13(18)7-16-6-11(4)19-8-10(16)3/h9-11,14H,6-8H2,1-5H3,(H,15,18). The molecular formula is C14H26N2O3. The van der Waals surface area contributed by atoms with Gasteiger partial charge in [-0.25, -0.2) is 0 Å². The van der Waals surface area contributed by atoms with Crippen LogP contribution in [-0.4, -0.2) is 54.5 Å². The fourth-order valence-corrected chi connectivity index (χ4v) is 2.33. The molecule has 1 N–H and O–H groups in total. The number of nitrogens with zero attached hydrogens (tertiary/aromatic N) is 1. The Labute approximate surface area is 115 Å². The summed E-state index contributed by atoms with van der Waals surface area (Å²) in [6.45, 7) is 11.2. The van der Waals surface area contributed by atoms with Gasteiger partial charge < -0.3 is 10.1 Å². The molecule has 0 aromatic heterocycles. The summed E-state index contributed by atoms with van der Waals surface area (Å²) in [7, 11) is 0. The van der Waals surface area contributed by atoms with E-state index in [-0.39, 0.29) is 35.8 Å². The Kier molecular flexibility index (Phi) is 5.94. The summed E-state index contributed by atoms with van der Waals surface area (Å²) in [6.07, 6.45) is 0.151. The number of ether oxygens (including phenoxy) is 1. The van der Waals surface area contributed by atoms with Gasteiger partial charge in [-0.3, -0.25) is 14.5 Å². The van der Waals surface area contributed by atoms with Crippen LogP contribution in [0, 0.1) is 5.92 Å². The van der Waals surface area contributed by atoms with Crippen molar-refractivity contribution in [1.82, 2.24) is 10.2 Å². The van der Waals surface area contributed by atoms with Crippen LogP contribution in [0.5, 0.6) is 0 Å². The third-order valence-electron chi connectivity index (χ3n) is 3.50. The second-order valence-corrected chi connectivity index (χ2v) is 5.82. The third kappa shape index (κ3) is 4.91. The van der Waals surface area contributed by atoms with Crippen LogP contribution in [0.1, 0.15) is 34.6 Å². The van der Waals surface area contributed by atoms with Crippen molar-refractivity contribution in [2.24, 2.45) is 5.92 Å². The lowest BCUT2D eigenvalue weighted by molar-refractivity contribution is -0.130. The van der Waals surface area contributed by atoms with Crippen molar-refractivity contribution in [3.63, 3.8) is 0 Å². The van der Waals surface area contributed by atoms with E-state index < -0.39 is 0 Å². The second kappa shape index (κ2) is 7.01. The minimum Gasteiger partial charge on any atom is -0.376 e. The Balaban J connectivity index is 2.51. The van der Waals surface area contributed by atoms with E-state index in [9.17, 15) is 9.59 Å². The first-order valence-corrected chi connectivity index (χ1v) is 6.96. The van der Waals surface area contributed by atoms with Gasteiger partial charge in [0, 0.05) is 12.6 Å². The molecule has 110 valence electrons. The van der Waals surface area contributed by atoms with E-state index in [4.69, 9.17) is 4.74 Å². The van der Waals surface area contributed by atoms with Crippen LogP contribution in [0.4, 0.5) is 0 Å². The van der Waals surface area contributed by atoms with E-state index in [1.165, 1.54) is 6.92 Å². The van der Waals surface area contributed by atoms with Crippen molar-refractivity contribution in [2.45, 2.75) is 52.8 Å². The largest absolute Gasteiger partial charge is 0.376 e. The van der Waals surface area contributed by atoms with Crippen molar-refractivity contribution in [3.05, 3.63) is 0 Å². The zero-order chi connectivity index (χ0) is 14.6. The fourth-order valence-electron chi connectivity index (χ4n) is 2.33. The van der Waals surface area contributed by atoms with Crippen LogP contribution in [0.15, 0.2) is 0 Å². The summed E-state index contributed by atoms with van der Waals surface area (Å²) in [5.41, 5.74) is 0. The number of Topliss-reactive ketones (excluding diaryl/α,β-unsaturated/α-hetero) is 1. The summed E-state index contributed by atoms with van der Waals surface area (Å²) in [4.78, 5) is 25.6. The van der Waals surface area contributed by atoms with Gasteiger partial charge >= 0.3 is 0 Å². The van der Waals surface area contributed by atoms with Gasteiger partial charge in [0.1, 0.15) is 0 Å². The highest BCUT2D eigenvalue weighted by Crippen LogP contribution is 2.11. The summed E-state index contributed by atoms with van der Waals surface area (Å²) in [5.74, 6) is 0.0316. The molecular weight excluding hydrogens is 244 g/mol. The molecule has 1 amide bonds. The lowest BCUT2D eigenvalue weighted by atomic mass is 10.0. The number of carbonyl (C=O) groups is 2. The Hall–Kier alpha value is -0.940. The molecule has 0 aromatic carbocycles. The SMILES string of the molecule is CC(=O)C(NC(=O)CN1CC(C)OCC1C)C(C)C. The second-order valence-electron chi connectivity index (χ2n) is 5.82. The van der Waals surface area contributed by atoms with Crippen molar-refractivity contribution in [2.75, 3.05) is 19.7 Å². The molecule has 5 nitrogen and oxygen atoms in total. The third-order valence-corrected chi connectivity index (χ3v) is 3.50. The number of ketones is 1. The minimum absolute atomic E-state index is 0.00624. The van der Waals surface area contributed by atoms with Crippen LogP contribution in [0.3, 0.4) is 0 Å². The normalized spacial score (nSPS) is 26.2. The molecule has 1 heterocycles. The average molecular weight is 270 g/mol. The van der Waals surface area contributed by atoms with Crippen molar-refractivity contribution >= 4 is 11.7 Å². The molecule has 3 unspecified atom stereocenters. The van der Waals surface area contributed by atoms with Gasteiger partial charge in [0.15, 0.2) is 5.78 Å². The monoisotopic (exact) mass is 270 g/mol. The van der Waals surface area contributed by atoms with Gasteiger partial charge in [0.25, 0.3) is 0 Å². The number of morpholine rings is 1. The molecule has 0 bridgehead atoms. The highest BCUT2D eigenvalue weighted by atomic mass is 16.5. The molecule has 1 aliphatic rings. The molecule has 1 fully saturated rings. The Bertz CT molecular complexity index is 331. The summed E-state index contributed by atoms with van der Waals surface area (Å²) in [6, 6.07) is -0.155. The van der Waals surface area contributed by atoms with Gasteiger partial charge in [-0.05, 0) is 26.7 Å². The smallest absolute Gasteiger partial charge is 0.234 e. The fraction of sp³-hybridized carbons (Fsp3) is 0.857. The molecule has 5 heteroatoms. The number of amides is 1. The zero-order valence-electron chi connectivity index (χ0n) is 12.6. The number of carbonyl (C=O) groups excluding carboxylic acids is 2. The van der Waals surface area contributed by atoms with E-state index in [1.54, 1.807) is 0 Å². The first-order valence-electron chi connectivity index (χ1n) is 6.96. The van der Waals surface area contributed by atoms with E-state index >= 15 is 0 Å². The molecule has 1 rings (SSSR count). The molecule has 0 aromatic rings. The van der Waals surface area contributed by atoms with Crippen molar-refractivity contribution in [1.29, 1.82) is 0 Å². The Morgan fingerprint density at radius 1 is 1.37 bits per heavy atom. The van der Waals surface area contributed by atoms with Crippen LogP contribution in [-0.2, 0) is 14.3 Å². The molecule has 3 atom stereocenters. The number of hydrogen-bond donors (Lipinski definition) is 1. The average Bonchev–Trinajstić information content (AvgIpc) is 2.30. The first-order chi connectivity index (χ1) is 8.81. The van der Waals surface area contributed by atoms with Crippen molar-refractivity contribution in [3.8, 4) is 0 Å².